The number of carbonyl (C=O) groups is 1. The van der Waals surface area contributed by atoms with Crippen LogP contribution in [0.4, 0.5) is 0 Å². The van der Waals surface area contributed by atoms with Crippen molar-refractivity contribution in [2.45, 2.75) is 33.1 Å². The summed E-state index contributed by atoms with van der Waals surface area (Å²) in [5.41, 5.74) is 1.85. The van der Waals surface area contributed by atoms with Crippen LogP contribution in [0.15, 0.2) is 23.0 Å². The van der Waals surface area contributed by atoms with E-state index in [1.165, 1.54) is 0 Å². The summed E-state index contributed by atoms with van der Waals surface area (Å²) < 4.78 is 5.08. The molecule has 0 spiro atoms. The second-order valence-corrected chi connectivity index (χ2v) is 4.17. The minimum absolute atomic E-state index is 0.121. The second kappa shape index (κ2) is 5.53. The zero-order valence-corrected chi connectivity index (χ0v) is 10.5. The first-order valence-corrected chi connectivity index (χ1v) is 5.96. The number of aromatic nitrogens is 3. The maximum absolute atomic E-state index is 11.5. The summed E-state index contributed by atoms with van der Waals surface area (Å²) in [6, 6.07) is 1.88. The first kappa shape index (κ1) is 12.4. The number of pyridine rings is 1. The van der Waals surface area contributed by atoms with Crippen molar-refractivity contribution in [3.05, 3.63) is 29.9 Å². The van der Waals surface area contributed by atoms with Gasteiger partial charge in [0.2, 0.25) is 11.7 Å². The highest BCUT2D eigenvalue weighted by atomic mass is 16.5. The van der Waals surface area contributed by atoms with Crippen LogP contribution in [0.2, 0.25) is 0 Å². The average Bonchev–Trinajstić information content (AvgIpc) is 2.78. The molecule has 0 aliphatic carbocycles. The number of carbonyl (C=O) groups excluding carboxylic acids is 1. The van der Waals surface area contributed by atoms with Gasteiger partial charge in [0.25, 0.3) is 0 Å². The van der Waals surface area contributed by atoms with Crippen LogP contribution in [0.1, 0.15) is 31.2 Å². The molecule has 0 amide bonds. The second-order valence-electron chi connectivity index (χ2n) is 4.17. The van der Waals surface area contributed by atoms with Crippen molar-refractivity contribution < 1.29 is 9.32 Å². The number of hydrogen-bond donors (Lipinski definition) is 0. The Hall–Kier alpha value is -2.04. The van der Waals surface area contributed by atoms with Crippen molar-refractivity contribution >= 4 is 5.78 Å². The third kappa shape index (κ3) is 2.80. The minimum Gasteiger partial charge on any atom is -0.338 e. The molecule has 0 atom stereocenters. The van der Waals surface area contributed by atoms with E-state index in [4.69, 9.17) is 4.52 Å². The quantitative estimate of drug-likeness (QED) is 0.808. The Kier molecular flexibility index (Phi) is 3.82. The van der Waals surface area contributed by atoms with Crippen LogP contribution < -0.4 is 0 Å². The summed E-state index contributed by atoms with van der Waals surface area (Å²) in [6.07, 6.45) is 4.99. The fraction of sp³-hybridized carbons (Fsp3) is 0.385. The zero-order valence-electron chi connectivity index (χ0n) is 10.5. The molecular formula is C13H15N3O2. The number of ketones is 1. The van der Waals surface area contributed by atoms with Crippen LogP contribution in [0.3, 0.4) is 0 Å². The number of rotatable bonds is 5. The van der Waals surface area contributed by atoms with Gasteiger partial charge >= 0.3 is 0 Å². The maximum Gasteiger partial charge on any atom is 0.234 e. The van der Waals surface area contributed by atoms with Gasteiger partial charge in [-0.25, -0.2) is 0 Å². The Morgan fingerprint density at radius 2 is 2.28 bits per heavy atom. The van der Waals surface area contributed by atoms with Gasteiger partial charge in [0.1, 0.15) is 5.78 Å². The van der Waals surface area contributed by atoms with Gasteiger partial charge in [-0.05, 0) is 25.0 Å². The van der Waals surface area contributed by atoms with Crippen LogP contribution in [0, 0.1) is 6.92 Å². The van der Waals surface area contributed by atoms with Gasteiger partial charge in [-0.2, -0.15) is 4.98 Å². The van der Waals surface area contributed by atoms with E-state index >= 15 is 0 Å². The summed E-state index contributed by atoms with van der Waals surface area (Å²) in [6.45, 7) is 3.92. The molecule has 2 aromatic rings. The van der Waals surface area contributed by atoms with E-state index in [-0.39, 0.29) is 12.2 Å². The predicted octanol–water partition coefficient (Wildman–Crippen LogP) is 2.35. The van der Waals surface area contributed by atoms with E-state index in [9.17, 15) is 4.79 Å². The van der Waals surface area contributed by atoms with Crippen molar-refractivity contribution in [2.75, 3.05) is 0 Å². The van der Waals surface area contributed by atoms with E-state index < -0.39 is 0 Å². The van der Waals surface area contributed by atoms with Crippen LogP contribution in [-0.2, 0) is 11.2 Å². The van der Waals surface area contributed by atoms with Crippen molar-refractivity contribution in [1.29, 1.82) is 0 Å². The molecule has 0 saturated heterocycles. The van der Waals surface area contributed by atoms with Crippen molar-refractivity contribution in [2.24, 2.45) is 0 Å². The molecule has 2 aromatic heterocycles. The standard InChI is InChI=1S/C13H15N3O2/c1-3-4-10(17)7-12-15-13(16-18-12)11-8-14-6-5-9(11)2/h5-6,8H,3-4,7H2,1-2H3. The third-order valence-corrected chi connectivity index (χ3v) is 2.63. The summed E-state index contributed by atoms with van der Waals surface area (Å²) in [7, 11) is 0. The van der Waals surface area contributed by atoms with E-state index in [1.54, 1.807) is 12.4 Å². The summed E-state index contributed by atoms with van der Waals surface area (Å²) in [4.78, 5) is 19.7. The third-order valence-electron chi connectivity index (χ3n) is 2.63. The normalized spacial score (nSPS) is 10.6. The molecule has 0 bridgehead atoms. The van der Waals surface area contributed by atoms with E-state index in [2.05, 4.69) is 15.1 Å². The molecule has 2 rings (SSSR count). The smallest absolute Gasteiger partial charge is 0.234 e. The molecule has 0 aliphatic heterocycles. The number of aryl methyl sites for hydroxylation is 1. The van der Waals surface area contributed by atoms with Crippen LogP contribution in [-0.4, -0.2) is 20.9 Å². The Morgan fingerprint density at radius 3 is 3.00 bits per heavy atom. The largest absolute Gasteiger partial charge is 0.338 e. The van der Waals surface area contributed by atoms with E-state index in [1.807, 2.05) is 19.9 Å². The van der Waals surface area contributed by atoms with Crippen molar-refractivity contribution in [1.82, 2.24) is 15.1 Å². The lowest BCUT2D eigenvalue weighted by Crippen LogP contribution is -2.01. The Labute approximate surface area is 105 Å². The average molecular weight is 245 g/mol. The molecule has 0 saturated carbocycles. The van der Waals surface area contributed by atoms with Gasteiger partial charge in [0.05, 0.1) is 6.42 Å². The molecule has 5 heteroatoms. The first-order valence-electron chi connectivity index (χ1n) is 5.96. The zero-order chi connectivity index (χ0) is 13.0. The Balaban J connectivity index is 2.16. The van der Waals surface area contributed by atoms with E-state index in [0.717, 1.165) is 17.5 Å². The molecule has 0 aliphatic rings. The van der Waals surface area contributed by atoms with Gasteiger partial charge < -0.3 is 4.52 Å². The molecule has 18 heavy (non-hydrogen) atoms. The molecule has 94 valence electrons. The van der Waals surface area contributed by atoms with Crippen LogP contribution >= 0.6 is 0 Å². The van der Waals surface area contributed by atoms with Crippen LogP contribution in [0.5, 0.6) is 0 Å². The number of Topliss-reactive ketones (excluding diaryl/α,β-unsaturated/α-hetero) is 1. The summed E-state index contributed by atoms with van der Waals surface area (Å²) in [5, 5.41) is 3.88. The fourth-order valence-electron chi connectivity index (χ4n) is 1.67. The highest BCUT2D eigenvalue weighted by molar-refractivity contribution is 5.79. The van der Waals surface area contributed by atoms with Crippen molar-refractivity contribution in [3.8, 4) is 11.4 Å². The van der Waals surface area contributed by atoms with E-state index in [0.29, 0.717) is 18.1 Å². The van der Waals surface area contributed by atoms with Gasteiger partial charge in [0, 0.05) is 24.4 Å². The maximum atomic E-state index is 11.5. The van der Waals surface area contributed by atoms with Gasteiger partial charge in [-0.1, -0.05) is 12.1 Å². The van der Waals surface area contributed by atoms with Gasteiger partial charge in [-0.15, -0.1) is 0 Å². The van der Waals surface area contributed by atoms with Gasteiger partial charge in [-0.3, -0.25) is 9.78 Å². The highest BCUT2D eigenvalue weighted by Gasteiger charge is 2.13. The first-order chi connectivity index (χ1) is 8.70. The lowest BCUT2D eigenvalue weighted by Gasteiger charge is -1.97. The predicted molar refractivity (Wildman–Crippen MR) is 65.9 cm³/mol. The molecule has 0 unspecified atom stereocenters. The molecule has 5 nitrogen and oxygen atoms in total. The summed E-state index contributed by atoms with van der Waals surface area (Å²) >= 11 is 0. The fourth-order valence-corrected chi connectivity index (χ4v) is 1.67. The van der Waals surface area contributed by atoms with Crippen molar-refractivity contribution in [3.63, 3.8) is 0 Å². The molecule has 2 heterocycles. The number of nitrogens with zero attached hydrogens (tertiary/aromatic N) is 3. The summed E-state index contributed by atoms with van der Waals surface area (Å²) in [5.74, 6) is 0.974. The van der Waals surface area contributed by atoms with Crippen LogP contribution in [0.25, 0.3) is 11.4 Å². The lowest BCUT2D eigenvalue weighted by molar-refractivity contribution is -0.118. The molecule has 0 N–H and O–H groups in total. The Morgan fingerprint density at radius 1 is 1.44 bits per heavy atom. The topological polar surface area (TPSA) is 68.9 Å². The molecule has 0 fully saturated rings. The lowest BCUT2D eigenvalue weighted by atomic mass is 10.1. The number of hydrogen-bond acceptors (Lipinski definition) is 5. The molecular weight excluding hydrogens is 230 g/mol. The minimum atomic E-state index is 0.121. The SMILES string of the molecule is CCCC(=O)Cc1nc(-c2cnccc2C)no1. The molecule has 0 aromatic carbocycles. The monoisotopic (exact) mass is 245 g/mol. The highest BCUT2D eigenvalue weighted by Crippen LogP contribution is 2.18. The molecule has 0 radical (unpaired) electrons. The Bertz CT molecular complexity index is 549. The van der Waals surface area contributed by atoms with Gasteiger partial charge in [0.15, 0.2) is 0 Å².